The lowest BCUT2D eigenvalue weighted by Gasteiger charge is -2.44. The van der Waals surface area contributed by atoms with E-state index in [-0.39, 0.29) is 16.9 Å². The molecule has 3 fully saturated rings. The molecule has 4 rings (SSSR count). The van der Waals surface area contributed by atoms with Crippen LogP contribution in [0.3, 0.4) is 0 Å². The summed E-state index contributed by atoms with van der Waals surface area (Å²) in [5, 5.41) is 0. The second-order valence-corrected chi connectivity index (χ2v) is 9.56. The van der Waals surface area contributed by atoms with Crippen molar-refractivity contribution in [3.05, 3.63) is 18.5 Å². The summed E-state index contributed by atoms with van der Waals surface area (Å²) in [7, 11) is 1.98. The lowest BCUT2D eigenvalue weighted by molar-refractivity contribution is -0.139. The van der Waals surface area contributed by atoms with Gasteiger partial charge < -0.3 is 14.7 Å². The maximum absolute atomic E-state index is 13.4. The highest BCUT2D eigenvalue weighted by atomic mass is 16.2. The van der Waals surface area contributed by atoms with Crippen molar-refractivity contribution < 1.29 is 9.59 Å². The number of piperidine rings is 2. The minimum Gasteiger partial charge on any atom is -0.343 e. The van der Waals surface area contributed by atoms with E-state index in [1.165, 1.54) is 0 Å². The Morgan fingerprint density at radius 3 is 2.28 bits per heavy atom. The lowest BCUT2D eigenvalue weighted by Crippen LogP contribution is -2.52. The first-order valence-corrected chi connectivity index (χ1v) is 10.9. The Morgan fingerprint density at radius 1 is 1.07 bits per heavy atom. The molecular formula is C22H33N5O2. The highest BCUT2D eigenvalue weighted by molar-refractivity contribution is 5.86. The van der Waals surface area contributed by atoms with Gasteiger partial charge in [-0.25, -0.2) is 9.97 Å². The predicted octanol–water partition coefficient (Wildman–Crippen LogP) is 2.33. The fourth-order valence-electron chi connectivity index (χ4n) is 5.54. The zero-order valence-electron chi connectivity index (χ0n) is 17.9. The van der Waals surface area contributed by atoms with Crippen LogP contribution in [0, 0.1) is 11.3 Å². The number of likely N-dealkylation sites (tertiary alicyclic amines) is 2. The number of rotatable bonds is 3. The Bertz CT molecular complexity index is 750. The maximum atomic E-state index is 13.4. The van der Waals surface area contributed by atoms with Crippen LogP contribution in [0.15, 0.2) is 18.5 Å². The molecule has 7 heteroatoms. The van der Waals surface area contributed by atoms with Crippen molar-refractivity contribution in [1.82, 2.24) is 19.8 Å². The van der Waals surface area contributed by atoms with E-state index in [4.69, 9.17) is 0 Å². The molecule has 7 nitrogen and oxygen atoms in total. The quantitative estimate of drug-likeness (QED) is 0.780. The SMILES string of the molecule is CC(C)CC(=O)N1CCC2(CC1)CC1(CCN(c3ncccn3)CC1)C(=O)N2C. The van der Waals surface area contributed by atoms with Gasteiger partial charge in [0.25, 0.3) is 0 Å². The summed E-state index contributed by atoms with van der Waals surface area (Å²) >= 11 is 0. The molecule has 0 saturated carbocycles. The first-order valence-electron chi connectivity index (χ1n) is 10.9. The number of hydrogen-bond donors (Lipinski definition) is 0. The van der Waals surface area contributed by atoms with Gasteiger partial charge in [0.1, 0.15) is 0 Å². The fraction of sp³-hybridized carbons (Fsp3) is 0.727. The molecule has 0 radical (unpaired) electrons. The van der Waals surface area contributed by atoms with Crippen LogP contribution < -0.4 is 4.90 Å². The van der Waals surface area contributed by atoms with E-state index in [1.54, 1.807) is 12.4 Å². The van der Waals surface area contributed by atoms with Crippen LogP contribution >= 0.6 is 0 Å². The van der Waals surface area contributed by atoms with Crippen molar-refractivity contribution in [3.8, 4) is 0 Å². The smallest absolute Gasteiger partial charge is 0.229 e. The monoisotopic (exact) mass is 399 g/mol. The van der Waals surface area contributed by atoms with Gasteiger partial charge in [-0.05, 0) is 44.1 Å². The van der Waals surface area contributed by atoms with Gasteiger partial charge in [0.15, 0.2) is 0 Å². The number of hydrogen-bond acceptors (Lipinski definition) is 5. The first kappa shape index (κ1) is 20.1. The van der Waals surface area contributed by atoms with E-state index >= 15 is 0 Å². The molecule has 0 unspecified atom stereocenters. The molecule has 0 bridgehead atoms. The maximum Gasteiger partial charge on any atom is 0.229 e. The molecule has 3 aliphatic rings. The summed E-state index contributed by atoms with van der Waals surface area (Å²) in [5.74, 6) is 1.70. The van der Waals surface area contributed by atoms with Gasteiger partial charge in [0.05, 0.1) is 5.41 Å². The Hall–Kier alpha value is -2.18. The van der Waals surface area contributed by atoms with Crippen LogP contribution in [-0.4, -0.2) is 70.3 Å². The normalized spacial score (nSPS) is 23.4. The van der Waals surface area contributed by atoms with Gasteiger partial charge in [-0.1, -0.05) is 13.8 Å². The van der Waals surface area contributed by atoms with Crippen molar-refractivity contribution >= 4 is 17.8 Å². The molecule has 158 valence electrons. The van der Waals surface area contributed by atoms with Crippen molar-refractivity contribution in [3.63, 3.8) is 0 Å². The molecular weight excluding hydrogens is 366 g/mol. The Labute approximate surface area is 173 Å². The highest BCUT2D eigenvalue weighted by Crippen LogP contribution is 2.52. The number of carbonyl (C=O) groups excluding carboxylic acids is 2. The van der Waals surface area contributed by atoms with Crippen LogP contribution in [0.1, 0.15) is 52.4 Å². The number of nitrogens with zero attached hydrogens (tertiary/aromatic N) is 5. The Kier molecular flexibility index (Phi) is 5.25. The predicted molar refractivity (Wildman–Crippen MR) is 111 cm³/mol. The largest absolute Gasteiger partial charge is 0.343 e. The summed E-state index contributed by atoms with van der Waals surface area (Å²) in [6, 6.07) is 1.83. The molecule has 3 aliphatic heterocycles. The third-order valence-corrected chi connectivity index (χ3v) is 7.32. The second-order valence-electron chi connectivity index (χ2n) is 9.56. The minimum absolute atomic E-state index is 0.0862. The zero-order valence-corrected chi connectivity index (χ0v) is 17.9. The van der Waals surface area contributed by atoms with E-state index in [9.17, 15) is 9.59 Å². The molecule has 0 aliphatic carbocycles. The highest BCUT2D eigenvalue weighted by Gasteiger charge is 2.59. The van der Waals surface area contributed by atoms with Crippen LogP contribution in [-0.2, 0) is 9.59 Å². The lowest BCUT2D eigenvalue weighted by atomic mass is 9.71. The van der Waals surface area contributed by atoms with E-state index in [0.717, 1.165) is 64.2 Å². The summed E-state index contributed by atoms with van der Waals surface area (Å²) in [5.41, 5.74) is -0.346. The minimum atomic E-state index is -0.260. The van der Waals surface area contributed by atoms with Crippen molar-refractivity contribution in [1.29, 1.82) is 0 Å². The Balaban J connectivity index is 1.41. The Morgan fingerprint density at radius 2 is 1.69 bits per heavy atom. The standard InChI is InChI=1S/C22H33N5O2/c1-17(2)15-18(28)26-13-7-22(8-14-26)16-21(19(29)25(22)3)5-11-27(12-6-21)20-23-9-4-10-24-20/h4,9-10,17H,5-8,11-16H2,1-3H3. The van der Waals surface area contributed by atoms with Gasteiger partial charge in [-0.15, -0.1) is 0 Å². The summed E-state index contributed by atoms with van der Waals surface area (Å²) in [6.45, 7) is 7.34. The van der Waals surface area contributed by atoms with Gasteiger partial charge in [-0.3, -0.25) is 9.59 Å². The first-order chi connectivity index (χ1) is 13.9. The van der Waals surface area contributed by atoms with Crippen LogP contribution in [0.2, 0.25) is 0 Å². The van der Waals surface area contributed by atoms with Crippen LogP contribution in [0.5, 0.6) is 0 Å². The summed E-state index contributed by atoms with van der Waals surface area (Å²) in [6.07, 6.45) is 8.57. The molecule has 3 saturated heterocycles. The molecule has 2 spiro atoms. The number of aromatic nitrogens is 2. The molecule has 2 amide bonds. The van der Waals surface area contributed by atoms with Crippen molar-refractivity contribution in [2.24, 2.45) is 11.3 Å². The van der Waals surface area contributed by atoms with Crippen molar-refractivity contribution in [2.75, 3.05) is 38.1 Å². The van der Waals surface area contributed by atoms with E-state index in [1.807, 2.05) is 22.9 Å². The molecule has 4 heterocycles. The zero-order chi connectivity index (χ0) is 20.6. The topological polar surface area (TPSA) is 69.6 Å². The summed E-state index contributed by atoms with van der Waals surface area (Å²) in [4.78, 5) is 40.8. The average molecular weight is 400 g/mol. The summed E-state index contributed by atoms with van der Waals surface area (Å²) < 4.78 is 0. The van der Waals surface area contributed by atoms with Gasteiger partial charge in [0.2, 0.25) is 17.8 Å². The van der Waals surface area contributed by atoms with Crippen LogP contribution in [0.25, 0.3) is 0 Å². The number of amides is 2. The van der Waals surface area contributed by atoms with Crippen molar-refractivity contribution in [2.45, 2.75) is 57.9 Å². The molecule has 0 aromatic carbocycles. The number of anilines is 1. The van der Waals surface area contributed by atoms with Gasteiger partial charge in [-0.2, -0.15) is 0 Å². The van der Waals surface area contributed by atoms with E-state index in [0.29, 0.717) is 18.2 Å². The molecule has 0 N–H and O–H groups in total. The molecule has 1 aromatic heterocycles. The second kappa shape index (κ2) is 7.58. The number of carbonyl (C=O) groups is 2. The van der Waals surface area contributed by atoms with E-state index < -0.39 is 0 Å². The van der Waals surface area contributed by atoms with E-state index in [2.05, 4.69) is 28.7 Å². The molecule has 1 aromatic rings. The average Bonchev–Trinajstić information content (AvgIpc) is 2.91. The van der Waals surface area contributed by atoms with Gasteiger partial charge in [0, 0.05) is 57.6 Å². The molecule has 29 heavy (non-hydrogen) atoms. The fourth-order valence-corrected chi connectivity index (χ4v) is 5.54. The third kappa shape index (κ3) is 3.60. The van der Waals surface area contributed by atoms with Gasteiger partial charge >= 0.3 is 0 Å². The molecule has 0 atom stereocenters. The third-order valence-electron chi connectivity index (χ3n) is 7.32. The van der Waals surface area contributed by atoms with Crippen LogP contribution in [0.4, 0.5) is 5.95 Å².